The number of benzene rings is 1. The van der Waals surface area contributed by atoms with Crippen molar-refractivity contribution in [2.75, 3.05) is 6.54 Å². The molecule has 9 nitrogen and oxygen atoms in total. The second-order valence-corrected chi connectivity index (χ2v) is 8.17. The lowest BCUT2D eigenvalue weighted by atomic mass is 9.81. The minimum Gasteiger partial charge on any atom is -0.318 e. The maximum atomic E-state index is 12.8. The Morgan fingerprint density at radius 2 is 1.67 bits per heavy atom. The number of urea groups is 1. The molecule has 4 rings (SSSR count). The summed E-state index contributed by atoms with van der Waals surface area (Å²) < 4.78 is 0. The lowest BCUT2D eigenvalue weighted by Crippen LogP contribution is -2.48. The van der Waals surface area contributed by atoms with Crippen LogP contribution in [0.1, 0.15) is 44.6 Å². The number of hydrogen-bond acceptors (Lipinski definition) is 5. The predicted molar refractivity (Wildman–Crippen MR) is 104 cm³/mol. The smallest absolute Gasteiger partial charge is 0.318 e. The van der Waals surface area contributed by atoms with Gasteiger partial charge in [-0.05, 0) is 25.3 Å². The summed E-state index contributed by atoms with van der Waals surface area (Å²) in [6, 6.07) is 8.00. The van der Waals surface area contributed by atoms with E-state index in [-0.39, 0.29) is 36.6 Å². The first-order valence-electron chi connectivity index (χ1n) is 10.2. The Balaban J connectivity index is 1.37. The Hall–Kier alpha value is -3.23. The number of nitrogens with one attached hydrogen (secondary N) is 2. The molecule has 3 atom stereocenters. The zero-order valence-corrected chi connectivity index (χ0v) is 16.7. The number of carbonyl (C=O) groups is 5. The molecule has 1 aromatic rings. The van der Waals surface area contributed by atoms with Gasteiger partial charge in [0.15, 0.2) is 0 Å². The van der Waals surface area contributed by atoms with Crippen LogP contribution in [0.2, 0.25) is 0 Å². The SMILES string of the molecule is C[C@]1(c2ccccc2)NC(=O)N(NC(=O)CCN2C(=O)[C@H]3CCCC[C@H]3C2=O)C1=O. The van der Waals surface area contributed by atoms with Gasteiger partial charge < -0.3 is 5.32 Å². The van der Waals surface area contributed by atoms with Gasteiger partial charge in [-0.25, -0.2) is 4.79 Å². The second-order valence-electron chi connectivity index (χ2n) is 8.17. The molecule has 0 aromatic heterocycles. The zero-order valence-electron chi connectivity index (χ0n) is 16.7. The summed E-state index contributed by atoms with van der Waals surface area (Å²) in [6.45, 7) is 1.51. The molecule has 3 fully saturated rings. The molecule has 0 radical (unpaired) electrons. The molecule has 1 saturated carbocycles. The molecule has 0 spiro atoms. The van der Waals surface area contributed by atoms with Crippen LogP contribution in [0.4, 0.5) is 4.79 Å². The fraction of sp³-hybridized carbons (Fsp3) is 0.476. The van der Waals surface area contributed by atoms with Crippen molar-refractivity contribution in [2.45, 2.75) is 44.6 Å². The van der Waals surface area contributed by atoms with Gasteiger partial charge in [-0.15, -0.1) is 0 Å². The van der Waals surface area contributed by atoms with Crippen LogP contribution in [0.15, 0.2) is 30.3 Å². The van der Waals surface area contributed by atoms with Crippen molar-refractivity contribution in [1.82, 2.24) is 20.7 Å². The Morgan fingerprint density at radius 1 is 1.07 bits per heavy atom. The normalized spacial score (nSPS) is 28.6. The summed E-state index contributed by atoms with van der Waals surface area (Å²) in [5.74, 6) is -2.20. The molecule has 2 saturated heterocycles. The largest absolute Gasteiger partial charge is 0.344 e. The second kappa shape index (κ2) is 7.55. The molecular formula is C21H24N4O5. The Kier molecular flexibility index (Phi) is 5.05. The van der Waals surface area contributed by atoms with Gasteiger partial charge in [0.1, 0.15) is 5.54 Å². The predicted octanol–water partition coefficient (Wildman–Crippen LogP) is 1.05. The van der Waals surface area contributed by atoms with E-state index in [1.165, 1.54) is 0 Å². The van der Waals surface area contributed by atoms with Crippen LogP contribution in [0.25, 0.3) is 0 Å². The van der Waals surface area contributed by atoms with Crippen molar-refractivity contribution in [1.29, 1.82) is 0 Å². The number of hydrogen-bond donors (Lipinski definition) is 2. The highest BCUT2D eigenvalue weighted by molar-refractivity contribution is 6.08. The van der Waals surface area contributed by atoms with Crippen LogP contribution in [-0.4, -0.2) is 46.1 Å². The van der Waals surface area contributed by atoms with Gasteiger partial charge >= 0.3 is 6.03 Å². The number of imide groups is 2. The van der Waals surface area contributed by atoms with E-state index in [0.717, 1.165) is 17.7 Å². The van der Waals surface area contributed by atoms with Crippen molar-refractivity contribution in [2.24, 2.45) is 11.8 Å². The number of hydrazine groups is 1. The maximum Gasteiger partial charge on any atom is 0.344 e. The minimum atomic E-state index is -1.29. The van der Waals surface area contributed by atoms with Crippen molar-refractivity contribution in [3.05, 3.63) is 35.9 Å². The zero-order chi connectivity index (χ0) is 21.5. The highest BCUT2D eigenvalue weighted by Crippen LogP contribution is 2.38. The van der Waals surface area contributed by atoms with Crippen molar-refractivity contribution in [3.63, 3.8) is 0 Å². The van der Waals surface area contributed by atoms with Gasteiger partial charge in [-0.2, -0.15) is 5.01 Å². The summed E-state index contributed by atoms with van der Waals surface area (Å²) in [5.41, 5.74) is 1.61. The van der Waals surface area contributed by atoms with E-state index in [9.17, 15) is 24.0 Å². The maximum absolute atomic E-state index is 12.8. The lowest BCUT2D eigenvalue weighted by molar-refractivity contribution is -0.142. The Bertz CT molecular complexity index is 893. The summed E-state index contributed by atoms with van der Waals surface area (Å²) in [6.07, 6.45) is 3.09. The van der Waals surface area contributed by atoms with Crippen LogP contribution in [0.3, 0.4) is 0 Å². The Labute approximate surface area is 173 Å². The summed E-state index contributed by atoms with van der Waals surface area (Å²) >= 11 is 0. The third-order valence-corrected chi connectivity index (χ3v) is 6.27. The molecule has 3 aliphatic rings. The molecule has 30 heavy (non-hydrogen) atoms. The van der Waals surface area contributed by atoms with Gasteiger partial charge in [-0.1, -0.05) is 43.2 Å². The number of nitrogens with zero attached hydrogens (tertiary/aromatic N) is 2. The van der Waals surface area contributed by atoms with Crippen molar-refractivity contribution >= 4 is 29.7 Å². The molecule has 0 unspecified atom stereocenters. The van der Waals surface area contributed by atoms with Gasteiger partial charge in [0.2, 0.25) is 17.7 Å². The average molecular weight is 412 g/mol. The first-order chi connectivity index (χ1) is 14.3. The number of fused-ring (bicyclic) bond motifs is 1. The van der Waals surface area contributed by atoms with Gasteiger partial charge in [0, 0.05) is 13.0 Å². The first-order valence-corrected chi connectivity index (χ1v) is 10.2. The molecule has 158 valence electrons. The molecule has 2 aliphatic heterocycles. The van der Waals surface area contributed by atoms with Crippen molar-refractivity contribution in [3.8, 4) is 0 Å². The van der Waals surface area contributed by atoms with E-state index >= 15 is 0 Å². The molecule has 2 N–H and O–H groups in total. The van der Waals surface area contributed by atoms with Crippen LogP contribution in [0, 0.1) is 11.8 Å². The van der Waals surface area contributed by atoms with E-state index < -0.39 is 23.4 Å². The molecule has 2 heterocycles. The molecule has 6 amide bonds. The van der Waals surface area contributed by atoms with Gasteiger partial charge in [0.25, 0.3) is 5.91 Å². The lowest BCUT2D eigenvalue weighted by Gasteiger charge is -2.22. The quantitative estimate of drug-likeness (QED) is 0.554. The highest BCUT2D eigenvalue weighted by atomic mass is 16.2. The third kappa shape index (κ3) is 3.24. The van der Waals surface area contributed by atoms with Gasteiger partial charge in [0.05, 0.1) is 11.8 Å². The van der Waals surface area contributed by atoms with Crippen LogP contribution in [-0.2, 0) is 24.7 Å². The minimum absolute atomic E-state index is 0.0594. The van der Waals surface area contributed by atoms with E-state index in [1.807, 2.05) is 0 Å². The third-order valence-electron chi connectivity index (χ3n) is 6.27. The fourth-order valence-electron chi connectivity index (χ4n) is 4.55. The summed E-state index contributed by atoms with van der Waals surface area (Å²) in [4.78, 5) is 63.7. The fourth-order valence-corrected chi connectivity index (χ4v) is 4.55. The summed E-state index contributed by atoms with van der Waals surface area (Å²) in [7, 11) is 0. The average Bonchev–Trinajstić information content (AvgIpc) is 3.12. The van der Waals surface area contributed by atoms with E-state index in [2.05, 4.69) is 10.7 Å². The Morgan fingerprint density at radius 3 is 2.27 bits per heavy atom. The number of rotatable bonds is 5. The molecule has 0 bridgehead atoms. The van der Waals surface area contributed by atoms with E-state index in [0.29, 0.717) is 23.4 Å². The van der Waals surface area contributed by atoms with Gasteiger partial charge in [-0.3, -0.25) is 29.5 Å². The number of amides is 6. The monoisotopic (exact) mass is 412 g/mol. The standard InChI is InChI=1S/C21H24N4O5/c1-21(13-7-3-2-4-8-13)19(29)25(20(30)22-21)23-16(26)11-12-24-17(27)14-9-5-6-10-15(14)18(24)28/h2-4,7-8,14-15H,5-6,9-12H2,1H3,(H,22,30)(H,23,26)/t14-,15+,21-/m1/s1. The molecular weight excluding hydrogens is 388 g/mol. The molecule has 1 aromatic carbocycles. The first kappa shape index (κ1) is 20.1. The molecule has 9 heteroatoms. The number of likely N-dealkylation sites (tertiary alicyclic amines) is 1. The molecule has 1 aliphatic carbocycles. The highest BCUT2D eigenvalue weighted by Gasteiger charge is 2.50. The summed E-state index contributed by atoms with van der Waals surface area (Å²) in [5, 5.41) is 3.26. The van der Waals surface area contributed by atoms with Crippen molar-refractivity contribution < 1.29 is 24.0 Å². The van der Waals surface area contributed by atoms with Crippen LogP contribution in [0.5, 0.6) is 0 Å². The van der Waals surface area contributed by atoms with E-state index in [4.69, 9.17) is 0 Å². The van der Waals surface area contributed by atoms with Crippen LogP contribution >= 0.6 is 0 Å². The number of carbonyl (C=O) groups excluding carboxylic acids is 5. The van der Waals surface area contributed by atoms with Crippen LogP contribution < -0.4 is 10.7 Å². The topological polar surface area (TPSA) is 116 Å². The van der Waals surface area contributed by atoms with E-state index in [1.54, 1.807) is 37.3 Å².